The molecule has 2 heterocycles. The maximum atomic E-state index is 12.1. The Bertz CT molecular complexity index is 280. The van der Waals surface area contributed by atoms with Gasteiger partial charge in [0.2, 0.25) is 0 Å². The molecule has 1 atom stereocenters. The van der Waals surface area contributed by atoms with Crippen LogP contribution in [0.4, 0.5) is 0 Å². The van der Waals surface area contributed by atoms with E-state index in [0.717, 1.165) is 38.9 Å². The van der Waals surface area contributed by atoms with Gasteiger partial charge in [-0.15, -0.1) is 0 Å². The second kappa shape index (κ2) is 7.33. The Morgan fingerprint density at radius 3 is 2.79 bits per heavy atom. The number of carbonyl (C=O) groups is 1. The lowest BCUT2D eigenvalue weighted by Crippen LogP contribution is -2.46. The van der Waals surface area contributed by atoms with Crippen LogP contribution in [0.1, 0.15) is 25.7 Å². The molecule has 0 aliphatic carbocycles. The summed E-state index contributed by atoms with van der Waals surface area (Å²) < 4.78 is 21.5. The number of hydrogen-bond donors (Lipinski definition) is 0. The van der Waals surface area contributed by atoms with E-state index >= 15 is 0 Å². The van der Waals surface area contributed by atoms with Crippen molar-refractivity contribution in [2.75, 3.05) is 46.8 Å². The third-order valence-corrected chi connectivity index (χ3v) is 4.03. The Morgan fingerprint density at radius 2 is 2.05 bits per heavy atom. The molecule has 2 saturated heterocycles. The molecule has 0 aromatic carbocycles. The first-order valence-corrected chi connectivity index (χ1v) is 7.07. The Kier molecular flexibility index (Phi) is 5.76. The van der Waals surface area contributed by atoms with E-state index in [9.17, 15) is 4.79 Å². The molecule has 110 valence electrons. The molecule has 0 N–H and O–H groups in total. The van der Waals surface area contributed by atoms with Gasteiger partial charge in [-0.05, 0) is 25.7 Å². The fourth-order valence-corrected chi connectivity index (χ4v) is 2.83. The molecule has 2 rings (SSSR count). The highest BCUT2D eigenvalue weighted by Gasteiger charge is 2.40. The van der Waals surface area contributed by atoms with Crippen molar-refractivity contribution >= 4 is 5.78 Å². The van der Waals surface area contributed by atoms with Gasteiger partial charge in [-0.3, -0.25) is 4.79 Å². The predicted octanol–water partition coefficient (Wildman–Crippen LogP) is 1.19. The van der Waals surface area contributed by atoms with Gasteiger partial charge in [0.05, 0.1) is 18.8 Å². The molecule has 0 aromatic rings. The van der Waals surface area contributed by atoms with E-state index in [2.05, 4.69) is 0 Å². The van der Waals surface area contributed by atoms with Crippen LogP contribution in [0.15, 0.2) is 0 Å². The normalized spacial score (nSPS) is 26.5. The molecule has 0 saturated carbocycles. The summed E-state index contributed by atoms with van der Waals surface area (Å²) in [6, 6.07) is 0. The Labute approximate surface area is 114 Å². The smallest absolute Gasteiger partial charge is 0.161 e. The molecule has 1 spiro atoms. The van der Waals surface area contributed by atoms with Crippen LogP contribution in [0.5, 0.6) is 0 Å². The molecule has 0 bridgehead atoms. The average Bonchev–Trinajstić information content (AvgIpc) is 2.44. The van der Waals surface area contributed by atoms with E-state index in [0.29, 0.717) is 19.8 Å². The maximum Gasteiger partial charge on any atom is 0.161 e. The fraction of sp³-hybridized carbons (Fsp3) is 0.929. The SMILES string of the molecule is COCCOCC(=O)C1CCOC2(CCOCC2)C1. The van der Waals surface area contributed by atoms with Gasteiger partial charge in [0.25, 0.3) is 0 Å². The number of Topliss-reactive ketones (excluding diaryl/α,β-unsaturated/α-hetero) is 1. The molecule has 5 heteroatoms. The van der Waals surface area contributed by atoms with Gasteiger partial charge < -0.3 is 18.9 Å². The first kappa shape index (κ1) is 14.9. The van der Waals surface area contributed by atoms with Crippen LogP contribution in [-0.2, 0) is 23.7 Å². The summed E-state index contributed by atoms with van der Waals surface area (Å²) in [7, 11) is 1.62. The lowest BCUT2D eigenvalue weighted by atomic mass is 9.79. The highest BCUT2D eigenvalue weighted by molar-refractivity contribution is 5.82. The molecule has 2 aliphatic heterocycles. The minimum absolute atomic E-state index is 0.0781. The quantitative estimate of drug-likeness (QED) is 0.680. The molecule has 0 amide bonds. The summed E-state index contributed by atoms with van der Waals surface area (Å²) >= 11 is 0. The van der Waals surface area contributed by atoms with Gasteiger partial charge in [-0.2, -0.15) is 0 Å². The molecule has 2 aliphatic rings. The molecule has 0 aromatic heterocycles. The minimum atomic E-state index is -0.122. The zero-order valence-electron chi connectivity index (χ0n) is 11.7. The lowest BCUT2D eigenvalue weighted by Gasteiger charge is -2.42. The second-order valence-electron chi connectivity index (χ2n) is 5.35. The molecular weight excluding hydrogens is 248 g/mol. The molecule has 5 nitrogen and oxygen atoms in total. The van der Waals surface area contributed by atoms with Gasteiger partial charge in [-0.1, -0.05) is 0 Å². The third kappa shape index (κ3) is 4.24. The average molecular weight is 272 g/mol. The predicted molar refractivity (Wildman–Crippen MR) is 69.2 cm³/mol. The molecule has 1 unspecified atom stereocenters. The Morgan fingerprint density at radius 1 is 1.26 bits per heavy atom. The number of rotatable bonds is 6. The van der Waals surface area contributed by atoms with Crippen molar-refractivity contribution in [3.05, 3.63) is 0 Å². The standard InChI is InChI=1S/C14H24O5/c1-16-8-9-18-11-13(15)12-2-5-19-14(10-12)3-6-17-7-4-14/h12H,2-11H2,1H3. The summed E-state index contributed by atoms with van der Waals surface area (Å²) in [6.07, 6.45) is 3.44. The number of ketones is 1. The largest absolute Gasteiger partial charge is 0.382 e. The van der Waals surface area contributed by atoms with Crippen molar-refractivity contribution in [2.24, 2.45) is 5.92 Å². The van der Waals surface area contributed by atoms with Gasteiger partial charge in [0.1, 0.15) is 6.61 Å². The number of methoxy groups -OCH3 is 1. The van der Waals surface area contributed by atoms with Crippen LogP contribution in [0, 0.1) is 5.92 Å². The van der Waals surface area contributed by atoms with E-state index in [-0.39, 0.29) is 23.9 Å². The molecule has 2 fully saturated rings. The van der Waals surface area contributed by atoms with Crippen molar-refractivity contribution in [2.45, 2.75) is 31.3 Å². The number of ether oxygens (including phenoxy) is 4. The van der Waals surface area contributed by atoms with E-state index in [1.807, 2.05) is 0 Å². The van der Waals surface area contributed by atoms with Gasteiger partial charge >= 0.3 is 0 Å². The summed E-state index contributed by atoms with van der Waals surface area (Å²) in [6.45, 7) is 3.36. The Hall–Kier alpha value is -0.490. The van der Waals surface area contributed by atoms with Crippen LogP contribution in [0.2, 0.25) is 0 Å². The van der Waals surface area contributed by atoms with Gasteiger partial charge in [0.15, 0.2) is 5.78 Å². The maximum absolute atomic E-state index is 12.1. The summed E-state index contributed by atoms with van der Waals surface area (Å²) in [5.74, 6) is 0.277. The van der Waals surface area contributed by atoms with Gasteiger partial charge in [0, 0.05) is 32.8 Å². The van der Waals surface area contributed by atoms with E-state index in [4.69, 9.17) is 18.9 Å². The van der Waals surface area contributed by atoms with E-state index in [1.54, 1.807) is 7.11 Å². The molecule has 19 heavy (non-hydrogen) atoms. The number of carbonyl (C=O) groups excluding carboxylic acids is 1. The van der Waals surface area contributed by atoms with Crippen molar-refractivity contribution in [3.63, 3.8) is 0 Å². The van der Waals surface area contributed by atoms with Gasteiger partial charge in [-0.25, -0.2) is 0 Å². The minimum Gasteiger partial charge on any atom is -0.382 e. The zero-order valence-corrected chi connectivity index (χ0v) is 11.7. The van der Waals surface area contributed by atoms with Crippen LogP contribution in [0.25, 0.3) is 0 Å². The summed E-state index contributed by atoms with van der Waals surface area (Å²) in [5.41, 5.74) is -0.122. The highest BCUT2D eigenvalue weighted by atomic mass is 16.5. The molecule has 0 radical (unpaired) electrons. The second-order valence-corrected chi connectivity index (χ2v) is 5.35. The number of hydrogen-bond acceptors (Lipinski definition) is 5. The topological polar surface area (TPSA) is 54.0 Å². The third-order valence-electron chi connectivity index (χ3n) is 4.03. The van der Waals surface area contributed by atoms with Crippen LogP contribution >= 0.6 is 0 Å². The van der Waals surface area contributed by atoms with Crippen molar-refractivity contribution in [3.8, 4) is 0 Å². The zero-order chi connectivity index (χ0) is 13.6. The summed E-state index contributed by atoms with van der Waals surface area (Å²) in [4.78, 5) is 12.1. The monoisotopic (exact) mass is 272 g/mol. The van der Waals surface area contributed by atoms with Crippen molar-refractivity contribution in [1.29, 1.82) is 0 Å². The van der Waals surface area contributed by atoms with E-state index < -0.39 is 0 Å². The highest BCUT2D eigenvalue weighted by Crippen LogP contribution is 2.37. The van der Waals surface area contributed by atoms with Crippen molar-refractivity contribution in [1.82, 2.24) is 0 Å². The lowest BCUT2D eigenvalue weighted by molar-refractivity contribution is -0.159. The fourth-order valence-electron chi connectivity index (χ4n) is 2.83. The first-order chi connectivity index (χ1) is 9.26. The Balaban J connectivity index is 1.78. The van der Waals surface area contributed by atoms with Crippen LogP contribution in [-0.4, -0.2) is 58.1 Å². The van der Waals surface area contributed by atoms with Crippen molar-refractivity contribution < 1.29 is 23.7 Å². The van der Waals surface area contributed by atoms with E-state index in [1.165, 1.54) is 0 Å². The molecular formula is C14H24O5. The van der Waals surface area contributed by atoms with Crippen LogP contribution < -0.4 is 0 Å². The summed E-state index contributed by atoms with van der Waals surface area (Å²) in [5, 5.41) is 0. The first-order valence-electron chi connectivity index (χ1n) is 7.07. The van der Waals surface area contributed by atoms with Crippen LogP contribution in [0.3, 0.4) is 0 Å².